The number of hydrogen-bond donors (Lipinski definition) is 0. The van der Waals surface area contributed by atoms with Gasteiger partial charge in [-0.15, -0.1) is 34.0 Å². The van der Waals surface area contributed by atoms with Crippen LogP contribution in [-0.2, 0) is 12.8 Å². The van der Waals surface area contributed by atoms with E-state index in [4.69, 9.17) is 0 Å². The third-order valence-corrected chi connectivity index (χ3v) is 20.5. The average Bonchev–Trinajstić information content (AvgIpc) is 4.31. The molecule has 0 spiro atoms. The molecule has 0 atom stereocenters. The van der Waals surface area contributed by atoms with Crippen molar-refractivity contribution in [3.63, 3.8) is 0 Å². The Balaban J connectivity index is 1.01. The van der Waals surface area contributed by atoms with Crippen molar-refractivity contribution in [1.29, 1.82) is 0 Å². The SMILES string of the molecule is CCCCCCCCc1ccc(-c2ccc3sc4c5c6cc(-c7ccc(C)cc7-c7ccccc7)ccc6sc5c5c6cc(-c7ccc(CCCCCCCC)cc7-c7ccccc7)ccc6sc5c4c3c2)c(-c2ccccc2)c1. The van der Waals surface area contributed by atoms with Gasteiger partial charge in [-0.25, -0.2) is 0 Å². The summed E-state index contributed by atoms with van der Waals surface area (Å²) in [6.07, 6.45) is 17.9. The third kappa shape index (κ3) is 10.3. The molecule has 0 saturated heterocycles. The van der Waals surface area contributed by atoms with Gasteiger partial charge in [0.2, 0.25) is 0 Å². The lowest BCUT2D eigenvalue weighted by Gasteiger charge is -2.14. The quantitative estimate of drug-likeness (QED) is 0.0667. The first-order valence-corrected chi connectivity index (χ1v) is 32.2. The van der Waals surface area contributed by atoms with Crippen LogP contribution in [0.5, 0.6) is 0 Å². The van der Waals surface area contributed by atoms with Crippen molar-refractivity contribution < 1.29 is 0 Å². The lowest BCUT2D eigenvalue weighted by Crippen LogP contribution is -1.91. The zero-order valence-corrected chi connectivity index (χ0v) is 49.1. The van der Waals surface area contributed by atoms with E-state index in [1.165, 1.54) is 221 Å². The van der Waals surface area contributed by atoms with E-state index >= 15 is 0 Å². The number of hydrogen-bond acceptors (Lipinski definition) is 3. The molecule has 0 fully saturated rings. The number of aryl methyl sites for hydroxylation is 3. The third-order valence-electron chi connectivity index (χ3n) is 16.9. The molecule has 13 rings (SSSR count). The van der Waals surface area contributed by atoms with Crippen molar-refractivity contribution in [3.8, 4) is 66.8 Å². The molecule has 0 unspecified atom stereocenters. The van der Waals surface area contributed by atoms with E-state index < -0.39 is 0 Å². The van der Waals surface area contributed by atoms with Gasteiger partial charge in [0.15, 0.2) is 0 Å². The Bertz CT molecular complexity index is 4180. The molecule has 0 N–H and O–H groups in total. The molecule has 396 valence electrons. The summed E-state index contributed by atoms with van der Waals surface area (Å²) in [6, 6.07) is 76.8. The van der Waals surface area contributed by atoms with Gasteiger partial charge in [-0.1, -0.05) is 247 Å². The minimum Gasteiger partial charge on any atom is -0.134 e. The van der Waals surface area contributed by atoms with E-state index in [9.17, 15) is 0 Å². The standard InChI is InChI=1S/C77H70S3/c1-4-6-8-10-12-17-25-52-34-40-61(64(46-52)55-29-21-15-22-30-55)58-37-43-70-67(49-58)74-76(79-70)72-66-48-57(60-39-33-51(3)45-63(60)54-27-19-14-20-28-54)36-42-69(66)78-75(72)73-68-50-59(38-44-71(68)80-77(73)74)62-41-35-53(26-18-13-11-9-7-5-2)47-65(62)56-31-23-16-24-32-56/h14-16,19-24,27-50H,4-13,17-18,25-26H2,1-3H3. The van der Waals surface area contributed by atoms with Crippen LogP contribution in [0.2, 0.25) is 0 Å². The lowest BCUT2D eigenvalue weighted by atomic mass is 9.90. The molecule has 3 heteroatoms. The molecule has 10 aromatic carbocycles. The van der Waals surface area contributed by atoms with Gasteiger partial charge >= 0.3 is 0 Å². The molecule has 13 aromatic rings. The van der Waals surface area contributed by atoms with Crippen LogP contribution < -0.4 is 0 Å². The monoisotopic (exact) mass is 1090 g/mol. The Kier molecular flexibility index (Phi) is 15.4. The maximum atomic E-state index is 2.54. The summed E-state index contributed by atoms with van der Waals surface area (Å²) in [5.41, 5.74) is 19.5. The number of benzene rings is 10. The maximum Gasteiger partial charge on any atom is 0.0463 e. The summed E-state index contributed by atoms with van der Waals surface area (Å²) in [7, 11) is 0. The van der Waals surface area contributed by atoms with Crippen LogP contribution in [0.3, 0.4) is 0 Å². The number of fused-ring (bicyclic) bond motifs is 12. The van der Waals surface area contributed by atoms with Crippen LogP contribution in [0.4, 0.5) is 0 Å². The first-order chi connectivity index (χ1) is 39.5. The summed E-state index contributed by atoms with van der Waals surface area (Å²) in [5, 5.41) is 8.23. The normalized spacial score (nSPS) is 11.9. The number of rotatable bonds is 20. The minimum absolute atomic E-state index is 1.12. The van der Waals surface area contributed by atoms with E-state index in [2.05, 4.69) is 221 Å². The summed E-state index contributed by atoms with van der Waals surface area (Å²) in [5.74, 6) is 0. The Labute approximate surface area is 485 Å². The molecule has 80 heavy (non-hydrogen) atoms. The molecular formula is C77H70S3. The summed E-state index contributed by atoms with van der Waals surface area (Å²) >= 11 is 5.96. The fourth-order valence-corrected chi connectivity index (χ4v) is 16.7. The molecular weight excluding hydrogens is 1020 g/mol. The van der Waals surface area contributed by atoms with Crippen molar-refractivity contribution in [1.82, 2.24) is 0 Å². The highest BCUT2D eigenvalue weighted by Gasteiger charge is 2.24. The predicted molar refractivity (Wildman–Crippen MR) is 357 cm³/mol. The second-order valence-corrected chi connectivity index (χ2v) is 25.7. The highest BCUT2D eigenvalue weighted by molar-refractivity contribution is 7.34. The topological polar surface area (TPSA) is 0 Å². The second kappa shape index (κ2) is 23.5. The van der Waals surface area contributed by atoms with Gasteiger partial charge in [0.25, 0.3) is 0 Å². The van der Waals surface area contributed by atoms with E-state index in [-0.39, 0.29) is 0 Å². The van der Waals surface area contributed by atoms with Crippen LogP contribution in [0.15, 0.2) is 200 Å². The van der Waals surface area contributed by atoms with Gasteiger partial charge in [0, 0.05) is 60.5 Å². The molecule has 0 aliphatic rings. The summed E-state index contributed by atoms with van der Waals surface area (Å²) < 4.78 is 8.20. The Morgan fingerprint density at radius 3 is 0.988 bits per heavy atom. The van der Waals surface area contributed by atoms with Crippen molar-refractivity contribution >= 4 is 94.5 Å². The van der Waals surface area contributed by atoms with Gasteiger partial charge < -0.3 is 0 Å². The molecule has 0 saturated carbocycles. The fourth-order valence-electron chi connectivity index (χ4n) is 12.7. The first-order valence-electron chi connectivity index (χ1n) is 29.8. The molecule has 0 aliphatic carbocycles. The molecule has 0 bridgehead atoms. The maximum absolute atomic E-state index is 2.54. The zero-order valence-electron chi connectivity index (χ0n) is 46.7. The van der Waals surface area contributed by atoms with Crippen molar-refractivity contribution in [2.24, 2.45) is 0 Å². The average molecular weight is 1090 g/mol. The van der Waals surface area contributed by atoms with Gasteiger partial charge in [-0.05, 0) is 147 Å². The van der Waals surface area contributed by atoms with Crippen LogP contribution >= 0.6 is 34.0 Å². The summed E-state index contributed by atoms with van der Waals surface area (Å²) in [4.78, 5) is 0. The Morgan fingerprint density at radius 1 is 0.275 bits per heavy atom. The molecule has 0 nitrogen and oxygen atoms in total. The highest BCUT2D eigenvalue weighted by Crippen LogP contribution is 2.55. The fraction of sp³-hybridized carbons (Fsp3) is 0.221. The number of thiophene rings is 3. The second-order valence-electron chi connectivity index (χ2n) is 22.5. The van der Waals surface area contributed by atoms with Crippen LogP contribution in [0.1, 0.15) is 108 Å². The summed E-state index contributed by atoms with van der Waals surface area (Å²) in [6.45, 7) is 6.81. The minimum atomic E-state index is 1.12. The van der Waals surface area contributed by atoms with E-state index in [1.807, 2.05) is 34.0 Å². The molecule has 0 radical (unpaired) electrons. The van der Waals surface area contributed by atoms with Crippen LogP contribution in [-0.4, -0.2) is 0 Å². The largest absolute Gasteiger partial charge is 0.134 e. The van der Waals surface area contributed by atoms with Crippen LogP contribution in [0.25, 0.3) is 127 Å². The van der Waals surface area contributed by atoms with Crippen molar-refractivity contribution in [2.45, 2.75) is 111 Å². The first kappa shape index (κ1) is 52.2. The van der Waals surface area contributed by atoms with Gasteiger partial charge in [0.1, 0.15) is 0 Å². The smallest absolute Gasteiger partial charge is 0.0463 e. The van der Waals surface area contributed by atoms with Crippen molar-refractivity contribution in [2.75, 3.05) is 0 Å². The zero-order chi connectivity index (χ0) is 53.9. The van der Waals surface area contributed by atoms with E-state index in [1.54, 1.807) is 0 Å². The molecule has 0 amide bonds. The van der Waals surface area contributed by atoms with Crippen molar-refractivity contribution in [3.05, 3.63) is 217 Å². The van der Waals surface area contributed by atoms with Gasteiger partial charge in [0.05, 0.1) is 0 Å². The van der Waals surface area contributed by atoms with E-state index in [0.717, 1.165) is 12.8 Å². The Hall–Kier alpha value is -7.14. The van der Waals surface area contributed by atoms with Gasteiger partial charge in [-0.2, -0.15) is 0 Å². The van der Waals surface area contributed by atoms with Gasteiger partial charge in [-0.3, -0.25) is 0 Å². The lowest BCUT2D eigenvalue weighted by molar-refractivity contribution is 0.607. The molecule has 0 aliphatic heterocycles. The van der Waals surface area contributed by atoms with Crippen LogP contribution in [0, 0.1) is 6.92 Å². The highest BCUT2D eigenvalue weighted by atomic mass is 32.1. The Morgan fingerprint density at radius 2 is 0.613 bits per heavy atom. The molecule has 3 heterocycles. The molecule has 3 aromatic heterocycles. The number of unbranched alkanes of at least 4 members (excludes halogenated alkanes) is 10. The predicted octanol–water partition coefficient (Wildman–Crippen LogP) is 24.9. The van der Waals surface area contributed by atoms with E-state index in [0.29, 0.717) is 0 Å².